The van der Waals surface area contributed by atoms with Crippen molar-refractivity contribution in [3.63, 3.8) is 0 Å². The van der Waals surface area contributed by atoms with Gasteiger partial charge in [-0.25, -0.2) is 4.79 Å². The van der Waals surface area contributed by atoms with Gasteiger partial charge in [0.15, 0.2) is 0 Å². The maximum atomic E-state index is 11.0. The number of aromatic carboxylic acids is 1. The first-order chi connectivity index (χ1) is 7.29. The fraction of sp³-hybridized carbons (Fsp3) is 0.636. The van der Waals surface area contributed by atoms with Gasteiger partial charge in [-0.05, 0) is 12.8 Å². The van der Waals surface area contributed by atoms with Gasteiger partial charge in [0.2, 0.25) is 0 Å². The lowest BCUT2D eigenvalue weighted by Gasteiger charge is -2.12. The van der Waals surface area contributed by atoms with E-state index in [1.165, 1.54) is 31.9 Å². The molecule has 4 nitrogen and oxygen atoms in total. The first-order valence-electron chi connectivity index (χ1n) is 5.55. The van der Waals surface area contributed by atoms with E-state index in [-0.39, 0.29) is 0 Å². The Hall–Kier alpha value is -1.32. The lowest BCUT2D eigenvalue weighted by Crippen LogP contribution is -2.05. The average molecular weight is 208 g/mol. The summed E-state index contributed by atoms with van der Waals surface area (Å²) in [6, 6.07) is 0. The second kappa shape index (κ2) is 4.47. The van der Waals surface area contributed by atoms with Crippen LogP contribution in [-0.2, 0) is 0 Å². The highest BCUT2D eigenvalue weighted by Gasteiger charge is 2.22. The molecule has 1 fully saturated rings. The summed E-state index contributed by atoms with van der Waals surface area (Å²) in [5, 5.41) is 15.7. The standard InChI is InChI=1S/C11H16N2O2/c14-11(15)9-7-12-13-10(9)8-5-3-1-2-4-6-8/h7-8H,1-6H2,(H,12,13)(H,14,15). The number of nitrogens with zero attached hydrogens (tertiary/aromatic N) is 1. The highest BCUT2D eigenvalue weighted by molar-refractivity contribution is 5.88. The van der Waals surface area contributed by atoms with Crippen LogP contribution in [0.4, 0.5) is 0 Å². The highest BCUT2D eigenvalue weighted by Crippen LogP contribution is 2.31. The number of aromatic amines is 1. The van der Waals surface area contributed by atoms with Gasteiger partial charge in [0.05, 0.1) is 11.9 Å². The monoisotopic (exact) mass is 208 g/mol. The van der Waals surface area contributed by atoms with Gasteiger partial charge in [0, 0.05) is 5.92 Å². The average Bonchev–Trinajstić information content (AvgIpc) is 2.55. The van der Waals surface area contributed by atoms with E-state index in [4.69, 9.17) is 5.11 Å². The normalized spacial score (nSPS) is 18.7. The van der Waals surface area contributed by atoms with Crippen molar-refractivity contribution in [2.45, 2.75) is 44.4 Å². The SMILES string of the molecule is O=C(O)c1cn[nH]c1C1CCCCCC1. The third-order valence-corrected chi connectivity index (χ3v) is 3.16. The van der Waals surface area contributed by atoms with Gasteiger partial charge in [-0.3, -0.25) is 5.10 Å². The molecule has 0 spiro atoms. The van der Waals surface area contributed by atoms with Crippen molar-refractivity contribution in [2.75, 3.05) is 0 Å². The molecule has 0 bridgehead atoms. The fourth-order valence-corrected chi connectivity index (χ4v) is 2.35. The zero-order valence-electron chi connectivity index (χ0n) is 8.70. The molecule has 2 rings (SSSR count). The minimum atomic E-state index is -0.872. The van der Waals surface area contributed by atoms with E-state index in [9.17, 15) is 4.79 Å². The molecule has 1 heterocycles. The number of rotatable bonds is 2. The first-order valence-corrected chi connectivity index (χ1v) is 5.55. The van der Waals surface area contributed by atoms with Gasteiger partial charge in [-0.1, -0.05) is 25.7 Å². The largest absolute Gasteiger partial charge is 0.478 e. The number of hydrogen-bond donors (Lipinski definition) is 2. The Morgan fingerprint density at radius 1 is 1.33 bits per heavy atom. The molecule has 82 valence electrons. The summed E-state index contributed by atoms with van der Waals surface area (Å²) in [6.07, 6.45) is 8.53. The van der Waals surface area contributed by atoms with E-state index in [0.717, 1.165) is 18.5 Å². The van der Waals surface area contributed by atoms with Gasteiger partial charge in [-0.2, -0.15) is 5.10 Å². The predicted octanol–water partition coefficient (Wildman–Crippen LogP) is 2.55. The molecular formula is C11H16N2O2. The fourth-order valence-electron chi connectivity index (χ4n) is 2.35. The molecule has 0 aliphatic heterocycles. The first kappa shape index (κ1) is 10.2. The van der Waals surface area contributed by atoms with E-state index < -0.39 is 5.97 Å². The second-order valence-corrected chi connectivity index (χ2v) is 4.19. The molecule has 4 heteroatoms. The Bertz CT molecular complexity index is 338. The lowest BCUT2D eigenvalue weighted by atomic mass is 9.94. The number of carbonyl (C=O) groups is 1. The Labute approximate surface area is 88.7 Å². The molecule has 0 atom stereocenters. The third kappa shape index (κ3) is 2.19. The molecule has 0 radical (unpaired) electrons. The molecule has 0 aromatic carbocycles. The Morgan fingerprint density at radius 2 is 2.00 bits per heavy atom. The molecule has 15 heavy (non-hydrogen) atoms. The minimum absolute atomic E-state index is 0.349. The van der Waals surface area contributed by atoms with Gasteiger partial charge in [-0.15, -0.1) is 0 Å². The van der Waals surface area contributed by atoms with Gasteiger partial charge in [0.1, 0.15) is 5.56 Å². The van der Waals surface area contributed by atoms with E-state index in [1.807, 2.05) is 0 Å². The molecule has 0 amide bonds. The second-order valence-electron chi connectivity index (χ2n) is 4.19. The van der Waals surface area contributed by atoms with E-state index in [2.05, 4.69) is 10.2 Å². The Balaban J connectivity index is 2.19. The Morgan fingerprint density at radius 3 is 2.60 bits per heavy atom. The number of nitrogens with one attached hydrogen (secondary N) is 1. The number of aromatic nitrogens is 2. The van der Waals surface area contributed by atoms with E-state index >= 15 is 0 Å². The van der Waals surface area contributed by atoms with Crippen molar-refractivity contribution in [1.29, 1.82) is 0 Å². The van der Waals surface area contributed by atoms with Crippen LogP contribution >= 0.6 is 0 Å². The van der Waals surface area contributed by atoms with Crippen molar-refractivity contribution in [1.82, 2.24) is 10.2 Å². The van der Waals surface area contributed by atoms with Crippen LogP contribution in [0.15, 0.2) is 6.20 Å². The Kier molecular flexibility index (Phi) is 3.04. The van der Waals surface area contributed by atoms with Crippen LogP contribution in [0.25, 0.3) is 0 Å². The molecular weight excluding hydrogens is 192 g/mol. The van der Waals surface area contributed by atoms with Crippen molar-refractivity contribution >= 4 is 5.97 Å². The summed E-state index contributed by atoms with van der Waals surface area (Å²) in [4.78, 5) is 11.0. The maximum Gasteiger partial charge on any atom is 0.339 e. The molecule has 0 unspecified atom stereocenters. The number of carboxylic acids is 1. The highest BCUT2D eigenvalue weighted by atomic mass is 16.4. The van der Waals surface area contributed by atoms with Crippen LogP contribution in [0.5, 0.6) is 0 Å². The zero-order chi connectivity index (χ0) is 10.7. The smallest absolute Gasteiger partial charge is 0.339 e. The molecule has 1 aliphatic carbocycles. The number of carboxylic acid groups (broad SMARTS) is 1. The van der Waals surface area contributed by atoms with Gasteiger partial charge in [0.25, 0.3) is 0 Å². The summed E-state index contributed by atoms with van der Waals surface area (Å²) in [6.45, 7) is 0. The van der Waals surface area contributed by atoms with Crippen molar-refractivity contribution in [3.8, 4) is 0 Å². The van der Waals surface area contributed by atoms with Crippen LogP contribution in [0.2, 0.25) is 0 Å². The summed E-state index contributed by atoms with van der Waals surface area (Å²) in [5.41, 5.74) is 1.17. The predicted molar refractivity (Wildman–Crippen MR) is 56.0 cm³/mol. The summed E-state index contributed by atoms with van der Waals surface area (Å²) < 4.78 is 0. The van der Waals surface area contributed by atoms with Crippen molar-refractivity contribution in [2.24, 2.45) is 0 Å². The zero-order valence-corrected chi connectivity index (χ0v) is 8.70. The van der Waals surface area contributed by atoms with Crippen LogP contribution in [-0.4, -0.2) is 21.3 Å². The topological polar surface area (TPSA) is 66.0 Å². The van der Waals surface area contributed by atoms with E-state index in [1.54, 1.807) is 0 Å². The molecule has 2 N–H and O–H groups in total. The van der Waals surface area contributed by atoms with Crippen molar-refractivity contribution in [3.05, 3.63) is 17.5 Å². The molecule has 1 aliphatic rings. The van der Waals surface area contributed by atoms with Gasteiger partial charge >= 0.3 is 5.97 Å². The summed E-state index contributed by atoms with van der Waals surface area (Å²) in [7, 11) is 0. The molecule has 1 saturated carbocycles. The summed E-state index contributed by atoms with van der Waals surface area (Å²) in [5.74, 6) is -0.510. The van der Waals surface area contributed by atoms with Crippen LogP contribution < -0.4 is 0 Å². The lowest BCUT2D eigenvalue weighted by molar-refractivity contribution is 0.0695. The number of H-pyrrole nitrogens is 1. The molecule has 1 aromatic heterocycles. The van der Waals surface area contributed by atoms with Crippen LogP contribution in [0, 0.1) is 0 Å². The number of hydrogen-bond acceptors (Lipinski definition) is 2. The van der Waals surface area contributed by atoms with Crippen molar-refractivity contribution < 1.29 is 9.90 Å². The molecule has 0 saturated heterocycles. The minimum Gasteiger partial charge on any atom is -0.478 e. The summed E-state index contributed by atoms with van der Waals surface area (Å²) >= 11 is 0. The quantitative estimate of drug-likeness (QED) is 0.734. The third-order valence-electron chi connectivity index (χ3n) is 3.16. The molecule has 1 aromatic rings. The maximum absolute atomic E-state index is 11.0. The van der Waals surface area contributed by atoms with Crippen LogP contribution in [0.1, 0.15) is 60.5 Å². The van der Waals surface area contributed by atoms with E-state index in [0.29, 0.717) is 11.5 Å². The van der Waals surface area contributed by atoms with Crippen LogP contribution in [0.3, 0.4) is 0 Å². The van der Waals surface area contributed by atoms with Gasteiger partial charge < -0.3 is 5.11 Å².